The third kappa shape index (κ3) is 4.75. The molecule has 0 aliphatic carbocycles. The first-order chi connectivity index (χ1) is 17.3. The van der Waals surface area contributed by atoms with Crippen LogP contribution in [-0.2, 0) is 11.3 Å². The summed E-state index contributed by atoms with van der Waals surface area (Å²) in [5.74, 6) is 0.386. The van der Waals surface area contributed by atoms with Crippen LogP contribution in [0.4, 0.5) is 16.3 Å². The quantitative estimate of drug-likeness (QED) is 0.426. The Hall–Kier alpha value is -3.95. The minimum Gasteiger partial charge on any atom is -0.358 e. The number of aryl methyl sites for hydroxylation is 2. The predicted octanol–water partition coefficient (Wildman–Crippen LogP) is 4.19. The van der Waals surface area contributed by atoms with E-state index in [2.05, 4.69) is 10.3 Å². The summed E-state index contributed by atoms with van der Waals surface area (Å²) in [6.07, 6.45) is 4.34. The Labute approximate surface area is 209 Å². The van der Waals surface area contributed by atoms with Crippen LogP contribution >= 0.6 is 0 Å². The topological polar surface area (TPSA) is 114 Å². The van der Waals surface area contributed by atoms with Gasteiger partial charge in [-0.3, -0.25) is 4.79 Å². The smallest absolute Gasteiger partial charge is 0.358 e. The first-order valence-corrected chi connectivity index (χ1v) is 12.3. The number of fused-ring (bicyclic) bond motifs is 1. The van der Waals surface area contributed by atoms with E-state index in [1.165, 1.54) is 6.20 Å². The number of hydrogen-bond acceptors (Lipinski definition) is 5. The van der Waals surface area contributed by atoms with Crippen molar-refractivity contribution in [2.45, 2.75) is 39.2 Å². The molecule has 10 nitrogen and oxygen atoms in total. The second-order valence-electron chi connectivity index (χ2n) is 9.86. The second kappa shape index (κ2) is 9.60. The molecule has 3 aromatic rings. The molecule has 1 spiro atoms. The maximum Gasteiger partial charge on any atom is 0.381 e. The minimum absolute atomic E-state index is 0.0512. The first-order valence-electron chi connectivity index (χ1n) is 12.3. The number of carbonyl (C=O) groups excluding carboxylic acids is 2. The maximum atomic E-state index is 13.0. The van der Waals surface area contributed by atoms with E-state index in [1.54, 1.807) is 11.5 Å². The number of carbonyl (C=O) groups is 2. The summed E-state index contributed by atoms with van der Waals surface area (Å²) in [6, 6.07) is 13.8. The largest absolute Gasteiger partial charge is 0.381 e. The van der Waals surface area contributed by atoms with Crippen molar-refractivity contribution in [3.05, 3.63) is 64.6 Å². The molecular formula is C26H30N6O4. The Morgan fingerprint density at radius 1 is 1.06 bits per heavy atom. The van der Waals surface area contributed by atoms with Crippen LogP contribution in [0.2, 0.25) is 0 Å². The zero-order chi connectivity index (χ0) is 25.3. The van der Waals surface area contributed by atoms with Crippen molar-refractivity contribution in [3.8, 4) is 0 Å². The number of nitrogens with one attached hydrogen (secondary N) is 1. The summed E-state index contributed by atoms with van der Waals surface area (Å²) in [4.78, 5) is 43.9. The van der Waals surface area contributed by atoms with Gasteiger partial charge in [0.15, 0.2) is 0 Å². The number of nitro groups is 1. The molecule has 2 saturated heterocycles. The number of hydrogen-bond donors (Lipinski definition) is 1. The number of imidazole rings is 1. The van der Waals surface area contributed by atoms with Gasteiger partial charge in [0.1, 0.15) is 6.20 Å². The molecule has 0 radical (unpaired) electrons. The molecule has 2 fully saturated rings. The Bertz CT molecular complexity index is 1310. The standard InChI is InChI=1S/C26H30N6O4/c1-19-27-23(32(35)36)17-30(19)13-9-24(33)31-16-12-26(18-31)10-14-29(15-11-26)25(34)28-22-8-4-6-20-5-2-3-7-21(20)22/h2-8,17H,9-16,18H2,1H3,(H,28,34). The van der Waals surface area contributed by atoms with Crippen LogP contribution < -0.4 is 5.32 Å². The Morgan fingerprint density at radius 3 is 2.47 bits per heavy atom. The van der Waals surface area contributed by atoms with E-state index in [-0.39, 0.29) is 29.6 Å². The Balaban J connectivity index is 1.13. The molecule has 2 aliphatic heterocycles. The third-order valence-corrected chi connectivity index (χ3v) is 7.65. The van der Waals surface area contributed by atoms with Gasteiger partial charge >= 0.3 is 11.8 Å². The molecule has 0 bridgehead atoms. The molecule has 3 heterocycles. The fourth-order valence-electron chi connectivity index (χ4n) is 5.45. The summed E-state index contributed by atoms with van der Waals surface area (Å²) >= 11 is 0. The number of rotatable bonds is 5. The number of piperidine rings is 1. The third-order valence-electron chi connectivity index (χ3n) is 7.65. The van der Waals surface area contributed by atoms with Gasteiger partial charge in [-0.15, -0.1) is 0 Å². The Kier molecular flexibility index (Phi) is 6.34. The van der Waals surface area contributed by atoms with Crippen LogP contribution in [0.5, 0.6) is 0 Å². The molecule has 5 rings (SSSR count). The lowest BCUT2D eigenvalue weighted by atomic mass is 9.78. The molecule has 36 heavy (non-hydrogen) atoms. The van der Waals surface area contributed by atoms with E-state index in [9.17, 15) is 19.7 Å². The van der Waals surface area contributed by atoms with Gasteiger partial charge in [0.05, 0.1) is 5.69 Å². The normalized spacial score (nSPS) is 17.0. The fraction of sp³-hybridized carbons (Fsp3) is 0.423. The van der Waals surface area contributed by atoms with Crippen molar-refractivity contribution in [2.75, 3.05) is 31.5 Å². The van der Waals surface area contributed by atoms with Gasteiger partial charge in [-0.1, -0.05) is 36.4 Å². The summed E-state index contributed by atoms with van der Waals surface area (Å²) in [5.41, 5.74) is 0.866. The highest BCUT2D eigenvalue weighted by atomic mass is 16.6. The number of anilines is 1. The fourth-order valence-corrected chi connectivity index (χ4v) is 5.45. The van der Waals surface area contributed by atoms with Gasteiger partial charge in [0.2, 0.25) is 11.7 Å². The molecular weight excluding hydrogens is 460 g/mol. The number of nitrogens with zero attached hydrogens (tertiary/aromatic N) is 5. The molecule has 2 aliphatic rings. The first kappa shape index (κ1) is 23.8. The highest BCUT2D eigenvalue weighted by Gasteiger charge is 2.42. The average Bonchev–Trinajstić information content (AvgIpc) is 3.47. The summed E-state index contributed by atoms with van der Waals surface area (Å²) in [6.45, 7) is 4.81. The lowest BCUT2D eigenvalue weighted by Crippen LogP contribution is -2.46. The zero-order valence-electron chi connectivity index (χ0n) is 20.4. The summed E-state index contributed by atoms with van der Waals surface area (Å²) in [5, 5.41) is 16.1. The predicted molar refractivity (Wildman–Crippen MR) is 136 cm³/mol. The van der Waals surface area contributed by atoms with Crippen LogP contribution in [0.25, 0.3) is 10.8 Å². The van der Waals surface area contributed by atoms with E-state index in [1.807, 2.05) is 52.3 Å². The van der Waals surface area contributed by atoms with Gasteiger partial charge in [-0.05, 0) is 46.0 Å². The SMILES string of the molecule is Cc1nc([N+](=O)[O-])cn1CCC(=O)N1CCC2(CCN(C(=O)Nc3cccc4ccccc34)CC2)C1. The second-order valence-corrected chi connectivity index (χ2v) is 9.86. The zero-order valence-corrected chi connectivity index (χ0v) is 20.4. The molecule has 1 aromatic heterocycles. The lowest BCUT2D eigenvalue weighted by molar-refractivity contribution is -0.389. The molecule has 10 heteroatoms. The van der Waals surface area contributed by atoms with Crippen molar-refractivity contribution in [2.24, 2.45) is 5.41 Å². The number of aromatic nitrogens is 2. The van der Waals surface area contributed by atoms with Crippen LogP contribution in [0, 0.1) is 22.5 Å². The highest BCUT2D eigenvalue weighted by Crippen LogP contribution is 2.40. The minimum atomic E-state index is -0.524. The molecule has 1 N–H and O–H groups in total. The average molecular weight is 491 g/mol. The summed E-state index contributed by atoms with van der Waals surface area (Å²) in [7, 11) is 0. The molecule has 2 aromatic carbocycles. The van der Waals surface area contributed by atoms with E-state index >= 15 is 0 Å². The Morgan fingerprint density at radius 2 is 1.75 bits per heavy atom. The molecule has 0 atom stereocenters. The number of likely N-dealkylation sites (tertiary alicyclic amines) is 2. The van der Waals surface area contributed by atoms with Crippen molar-refractivity contribution in [1.29, 1.82) is 0 Å². The van der Waals surface area contributed by atoms with Crippen LogP contribution in [0.1, 0.15) is 31.5 Å². The van der Waals surface area contributed by atoms with Crippen LogP contribution in [-0.4, -0.2) is 62.4 Å². The van der Waals surface area contributed by atoms with Crippen molar-refractivity contribution < 1.29 is 14.5 Å². The molecule has 0 saturated carbocycles. The van der Waals surface area contributed by atoms with Gasteiger partial charge in [-0.2, -0.15) is 0 Å². The van der Waals surface area contributed by atoms with Gasteiger partial charge < -0.3 is 29.8 Å². The molecule has 188 valence electrons. The molecule has 0 unspecified atom stereocenters. The van der Waals surface area contributed by atoms with E-state index in [4.69, 9.17) is 0 Å². The highest BCUT2D eigenvalue weighted by molar-refractivity contribution is 6.01. The summed E-state index contributed by atoms with van der Waals surface area (Å²) < 4.78 is 1.66. The van der Waals surface area contributed by atoms with Crippen LogP contribution in [0.15, 0.2) is 48.7 Å². The van der Waals surface area contributed by atoms with E-state index in [0.29, 0.717) is 38.5 Å². The van der Waals surface area contributed by atoms with E-state index < -0.39 is 4.92 Å². The number of amides is 3. The van der Waals surface area contributed by atoms with E-state index in [0.717, 1.165) is 35.7 Å². The van der Waals surface area contributed by atoms with Crippen LogP contribution in [0.3, 0.4) is 0 Å². The van der Waals surface area contributed by atoms with Gasteiger partial charge in [0.25, 0.3) is 0 Å². The number of benzene rings is 2. The van der Waals surface area contributed by atoms with Crippen molar-refractivity contribution >= 4 is 34.2 Å². The maximum absolute atomic E-state index is 13.0. The van der Waals surface area contributed by atoms with Gasteiger partial charge in [-0.25, -0.2) is 4.79 Å². The van der Waals surface area contributed by atoms with Crippen molar-refractivity contribution in [3.63, 3.8) is 0 Å². The van der Waals surface area contributed by atoms with Gasteiger partial charge in [0, 0.05) is 51.5 Å². The van der Waals surface area contributed by atoms with Crippen molar-refractivity contribution in [1.82, 2.24) is 19.4 Å². The lowest BCUT2D eigenvalue weighted by Gasteiger charge is -2.39. The molecule has 3 amide bonds. The number of urea groups is 1. The monoisotopic (exact) mass is 490 g/mol.